The van der Waals surface area contributed by atoms with Gasteiger partial charge >= 0.3 is 0 Å². The molecule has 4 nitrogen and oxygen atoms in total. The first-order valence-electron chi connectivity index (χ1n) is 20.2. The van der Waals surface area contributed by atoms with Crippen molar-refractivity contribution in [1.29, 1.82) is 0 Å². The number of rotatable bonds is 6. The fraction of sp³-hybridized carbons (Fsp3) is 0.0545. The van der Waals surface area contributed by atoms with E-state index in [2.05, 4.69) is 194 Å². The summed E-state index contributed by atoms with van der Waals surface area (Å²) in [5.41, 5.74) is 13.2. The average Bonchev–Trinajstić information content (AvgIpc) is 3.84. The van der Waals surface area contributed by atoms with Crippen molar-refractivity contribution >= 4 is 110 Å². The number of benzene rings is 10. The van der Waals surface area contributed by atoms with Gasteiger partial charge in [0.25, 0.3) is 0 Å². The van der Waals surface area contributed by atoms with E-state index < -0.39 is 0 Å². The minimum absolute atomic E-state index is 0.847. The number of nitrogens with zero attached hydrogens (tertiary/aromatic N) is 2. The van der Waals surface area contributed by atoms with Crippen molar-refractivity contribution in [2.75, 3.05) is 9.80 Å². The second-order valence-corrected chi connectivity index (χ2v) is 15.9. The van der Waals surface area contributed by atoms with Crippen LogP contribution in [0.4, 0.5) is 34.1 Å². The first-order chi connectivity index (χ1) is 29.0. The Labute approximate surface area is 341 Å². The minimum Gasteiger partial charge on any atom is -0.454 e. The molecule has 0 atom stereocenters. The fourth-order valence-corrected chi connectivity index (χ4v) is 9.42. The Bertz CT molecular complexity index is 3360. The number of para-hydroxylation sites is 4. The molecule has 12 aromatic rings. The summed E-state index contributed by atoms with van der Waals surface area (Å²) >= 11 is 0. The zero-order valence-electron chi connectivity index (χ0n) is 33.0. The Hall–Kier alpha value is -7.56. The van der Waals surface area contributed by atoms with Crippen LogP contribution < -0.4 is 9.80 Å². The predicted octanol–water partition coefficient (Wildman–Crippen LogP) is 16.2. The second kappa shape index (κ2) is 12.7. The molecule has 10 aromatic carbocycles. The summed E-state index contributed by atoms with van der Waals surface area (Å²) in [6.45, 7) is 6.47. The topological polar surface area (TPSA) is 32.8 Å². The molecular weight excluding hydrogens is 721 g/mol. The van der Waals surface area contributed by atoms with Gasteiger partial charge in [-0.05, 0) is 97.1 Å². The van der Waals surface area contributed by atoms with E-state index in [9.17, 15) is 0 Å². The van der Waals surface area contributed by atoms with Crippen LogP contribution in [0.5, 0.6) is 0 Å². The highest BCUT2D eigenvalue weighted by Crippen LogP contribution is 2.52. The summed E-state index contributed by atoms with van der Waals surface area (Å²) in [5.74, 6) is 0. The molecule has 0 bridgehead atoms. The third-order valence-electron chi connectivity index (χ3n) is 12.1. The van der Waals surface area contributed by atoms with E-state index in [0.717, 1.165) is 88.8 Å². The number of aryl methyl sites for hydroxylation is 3. The molecule has 0 saturated carbocycles. The van der Waals surface area contributed by atoms with E-state index in [1.165, 1.54) is 38.2 Å². The Morgan fingerprint density at radius 1 is 0.322 bits per heavy atom. The van der Waals surface area contributed by atoms with Gasteiger partial charge in [0, 0.05) is 49.1 Å². The van der Waals surface area contributed by atoms with E-state index in [1.807, 2.05) is 12.1 Å². The van der Waals surface area contributed by atoms with Crippen LogP contribution in [0.3, 0.4) is 0 Å². The quantitative estimate of drug-likeness (QED) is 0.158. The zero-order valence-corrected chi connectivity index (χ0v) is 33.0. The highest BCUT2D eigenvalue weighted by molar-refractivity contribution is 6.29. The molecule has 0 aliphatic heterocycles. The van der Waals surface area contributed by atoms with E-state index in [0.29, 0.717) is 0 Å². The van der Waals surface area contributed by atoms with E-state index in [-0.39, 0.29) is 0 Å². The maximum Gasteiger partial charge on any atom is 0.159 e. The highest BCUT2D eigenvalue weighted by atomic mass is 16.3. The van der Waals surface area contributed by atoms with Gasteiger partial charge < -0.3 is 18.6 Å². The van der Waals surface area contributed by atoms with Gasteiger partial charge in [-0.3, -0.25) is 0 Å². The van der Waals surface area contributed by atoms with Crippen molar-refractivity contribution < 1.29 is 8.83 Å². The molecule has 2 aromatic heterocycles. The Balaban J connectivity index is 1.25. The fourth-order valence-electron chi connectivity index (χ4n) is 9.42. The van der Waals surface area contributed by atoms with Crippen LogP contribution in [-0.4, -0.2) is 0 Å². The summed E-state index contributed by atoms with van der Waals surface area (Å²) < 4.78 is 13.6. The molecule has 0 saturated heterocycles. The van der Waals surface area contributed by atoms with Crippen molar-refractivity contribution in [2.45, 2.75) is 20.8 Å². The lowest BCUT2D eigenvalue weighted by molar-refractivity contribution is 0.669. The summed E-state index contributed by atoms with van der Waals surface area (Å²) in [5, 5.41) is 11.6. The summed E-state index contributed by atoms with van der Waals surface area (Å²) in [6, 6.07) is 63.6. The lowest BCUT2D eigenvalue weighted by Gasteiger charge is -2.32. The van der Waals surface area contributed by atoms with Gasteiger partial charge in [0.05, 0.1) is 22.7 Å². The largest absolute Gasteiger partial charge is 0.454 e. The zero-order chi connectivity index (χ0) is 39.4. The SMILES string of the molecule is Cc1ccc(N(c2cc(N(c3ccc(C)cc3)c3cccc4c3oc3ccccc34)c3ccc4cc(C)cc5ccc2c3c54)c2cccc3c2oc2ccccc23)cc1. The van der Waals surface area contributed by atoms with Gasteiger partial charge in [-0.25, -0.2) is 0 Å². The highest BCUT2D eigenvalue weighted by Gasteiger charge is 2.28. The molecule has 0 spiro atoms. The number of fused-ring (bicyclic) bond motifs is 6. The molecule has 0 radical (unpaired) electrons. The minimum atomic E-state index is 0.847. The Morgan fingerprint density at radius 2 is 0.763 bits per heavy atom. The number of hydrogen-bond acceptors (Lipinski definition) is 4. The molecule has 0 amide bonds. The third kappa shape index (κ3) is 5.09. The average molecular weight is 759 g/mol. The van der Waals surface area contributed by atoms with Gasteiger partial charge in [0.2, 0.25) is 0 Å². The standard InChI is InChI=1S/C55H38N2O2/c1-33-18-24-38(25-19-33)56(46-14-8-12-42-40-10-4-6-16-50(40)58-54(42)46)48-32-49(45-29-23-37-31-35(3)30-36-22-28-44(48)53(45)52(36)37)57(39-26-20-34(2)21-27-39)47-15-9-13-43-41-11-5-7-17-51(41)59-55(43)47/h4-32H,1-3H3. The lowest BCUT2D eigenvalue weighted by Crippen LogP contribution is -2.15. The predicted molar refractivity (Wildman–Crippen MR) is 248 cm³/mol. The number of furan rings is 2. The summed E-state index contributed by atoms with van der Waals surface area (Å²) in [7, 11) is 0. The van der Waals surface area contributed by atoms with Crippen LogP contribution in [-0.2, 0) is 0 Å². The Kier molecular flexibility index (Phi) is 7.24. The van der Waals surface area contributed by atoms with Crippen molar-refractivity contribution in [1.82, 2.24) is 0 Å². The number of hydrogen-bond donors (Lipinski definition) is 0. The van der Waals surface area contributed by atoms with Crippen LogP contribution in [0.1, 0.15) is 16.7 Å². The molecule has 0 unspecified atom stereocenters. The molecule has 0 aliphatic carbocycles. The molecule has 4 heteroatoms. The molecule has 0 aliphatic rings. The first kappa shape index (κ1) is 33.6. The molecular formula is C55H38N2O2. The van der Waals surface area contributed by atoms with Crippen molar-refractivity contribution in [3.05, 3.63) is 193 Å². The molecule has 0 N–H and O–H groups in total. The van der Waals surface area contributed by atoms with E-state index in [1.54, 1.807) is 0 Å². The molecule has 280 valence electrons. The number of anilines is 6. The maximum atomic E-state index is 6.81. The smallest absolute Gasteiger partial charge is 0.159 e. The van der Waals surface area contributed by atoms with E-state index >= 15 is 0 Å². The van der Waals surface area contributed by atoms with Crippen LogP contribution in [0.15, 0.2) is 185 Å². The van der Waals surface area contributed by atoms with Crippen LogP contribution in [0.2, 0.25) is 0 Å². The van der Waals surface area contributed by atoms with Crippen molar-refractivity contribution in [2.24, 2.45) is 0 Å². The van der Waals surface area contributed by atoms with Crippen molar-refractivity contribution in [3.8, 4) is 0 Å². The Morgan fingerprint density at radius 3 is 1.24 bits per heavy atom. The van der Waals surface area contributed by atoms with Gasteiger partial charge in [0.15, 0.2) is 11.2 Å². The van der Waals surface area contributed by atoms with E-state index in [4.69, 9.17) is 8.83 Å². The lowest BCUT2D eigenvalue weighted by atomic mass is 9.90. The molecule has 12 rings (SSSR count). The van der Waals surface area contributed by atoms with Crippen LogP contribution >= 0.6 is 0 Å². The van der Waals surface area contributed by atoms with Crippen LogP contribution in [0.25, 0.3) is 76.2 Å². The molecule has 59 heavy (non-hydrogen) atoms. The first-order valence-corrected chi connectivity index (χ1v) is 20.2. The van der Waals surface area contributed by atoms with Gasteiger partial charge in [-0.1, -0.05) is 132 Å². The normalized spacial score (nSPS) is 12.0. The summed E-state index contributed by atoms with van der Waals surface area (Å²) in [4.78, 5) is 4.81. The summed E-state index contributed by atoms with van der Waals surface area (Å²) in [6.07, 6.45) is 0. The van der Waals surface area contributed by atoms with Gasteiger partial charge in [0.1, 0.15) is 11.2 Å². The maximum absolute atomic E-state index is 6.81. The van der Waals surface area contributed by atoms with Gasteiger partial charge in [-0.15, -0.1) is 0 Å². The molecule has 0 fully saturated rings. The molecule has 2 heterocycles. The van der Waals surface area contributed by atoms with Crippen LogP contribution in [0, 0.1) is 20.8 Å². The van der Waals surface area contributed by atoms with Gasteiger partial charge in [-0.2, -0.15) is 0 Å². The third-order valence-corrected chi connectivity index (χ3v) is 12.1. The monoisotopic (exact) mass is 758 g/mol. The second-order valence-electron chi connectivity index (χ2n) is 15.9. The van der Waals surface area contributed by atoms with Crippen molar-refractivity contribution in [3.63, 3.8) is 0 Å².